The molecule has 2 aliphatic heterocycles. The van der Waals surface area contributed by atoms with Crippen molar-refractivity contribution in [1.29, 1.82) is 0 Å². The van der Waals surface area contributed by atoms with Crippen LogP contribution in [0.15, 0.2) is 18.2 Å². The molecule has 0 amide bonds. The lowest BCUT2D eigenvalue weighted by Gasteiger charge is -2.47. The van der Waals surface area contributed by atoms with Crippen molar-refractivity contribution < 1.29 is 14.3 Å². The van der Waals surface area contributed by atoms with E-state index < -0.39 is 0 Å². The highest BCUT2D eigenvalue weighted by Gasteiger charge is 2.40. The van der Waals surface area contributed by atoms with Gasteiger partial charge in [-0.25, -0.2) is 4.79 Å². The maximum Gasteiger partial charge on any atom is 0.337 e. The summed E-state index contributed by atoms with van der Waals surface area (Å²) in [7, 11) is 1.42. The van der Waals surface area contributed by atoms with Crippen molar-refractivity contribution in [2.24, 2.45) is 0 Å². The van der Waals surface area contributed by atoms with Gasteiger partial charge < -0.3 is 14.4 Å². The summed E-state index contributed by atoms with van der Waals surface area (Å²) in [6.45, 7) is 2.33. The molecule has 1 aliphatic carbocycles. The van der Waals surface area contributed by atoms with Crippen molar-refractivity contribution in [3.63, 3.8) is 0 Å². The van der Waals surface area contributed by atoms with Crippen LogP contribution >= 0.6 is 0 Å². The smallest absolute Gasteiger partial charge is 0.337 e. The van der Waals surface area contributed by atoms with Crippen molar-refractivity contribution in [3.05, 3.63) is 29.3 Å². The first-order valence-corrected chi connectivity index (χ1v) is 9.83. The Morgan fingerprint density at radius 1 is 1.16 bits per heavy atom. The average Bonchev–Trinajstić information content (AvgIpc) is 2.68. The summed E-state index contributed by atoms with van der Waals surface area (Å²) in [5.74, 6) is 0.689. The lowest BCUT2D eigenvalue weighted by atomic mass is 9.81. The van der Waals surface area contributed by atoms with Crippen LogP contribution in [0.4, 0.5) is 0 Å². The van der Waals surface area contributed by atoms with Gasteiger partial charge in [-0.2, -0.15) is 0 Å². The summed E-state index contributed by atoms with van der Waals surface area (Å²) in [4.78, 5) is 14.4. The lowest BCUT2D eigenvalue weighted by molar-refractivity contribution is -0.0284. The largest absolute Gasteiger partial charge is 0.487 e. The number of aryl methyl sites for hydroxylation is 1. The molecule has 4 heteroatoms. The summed E-state index contributed by atoms with van der Waals surface area (Å²) < 4.78 is 11.3. The van der Waals surface area contributed by atoms with Crippen LogP contribution in [-0.2, 0) is 11.2 Å². The summed E-state index contributed by atoms with van der Waals surface area (Å²) in [5, 5.41) is 0. The summed E-state index contributed by atoms with van der Waals surface area (Å²) >= 11 is 0. The number of methoxy groups -OCH3 is 1. The molecule has 0 unspecified atom stereocenters. The van der Waals surface area contributed by atoms with E-state index in [4.69, 9.17) is 9.47 Å². The Hall–Kier alpha value is -1.55. The first kappa shape index (κ1) is 16.9. The van der Waals surface area contributed by atoms with E-state index in [-0.39, 0.29) is 11.6 Å². The minimum Gasteiger partial charge on any atom is -0.487 e. The number of benzene rings is 1. The van der Waals surface area contributed by atoms with Crippen LogP contribution in [0.5, 0.6) is 5.75 Å². The van der Waals surface area contributed by atoms with E-state index >= 15 is 0 Å². The summed E-state index contributed by atoms with van der Waals surface area (Å²) in [6.07, 6.45) is 11.3. The third-order valence-corrected chi connectivity index (χ3v) is 6.46. The first-order valence-electron chi connectivity index (χ1n) is 9.83. The Balaban J connectivity index is 1.41. The van der Waals surface area contributed by atoms with Crippen molar-refractivity contribution in [3.8, 4) is 5.75 Å². The number of hydrogen-bond acceptors (Lipinski definition) is 4. The summed E-state index contributed by atoms with van der Waals surface area (Å²) in [6, 6.07) is 6.52. The van der Waals surface area contributed by atoms with Crippen LogP contribution in [-0.4, -0.2) is 42.7 Å². The second-order valence-corrected chi connectivity index (χ2v) is 7.93. The van der Waals surface area contributed by atoms with Gasteiger partial charge in [0.15, 0.2) is 0 Å². The average molecular weight is 343 g/mol. The molecule has 0 bridgehead atoms. The molecule has 3 aliphatic rings. The SMILES string of the molecule is COC(=O)c1ccc2c(c1)CCC1(CCN(C3CCCCC3)CC1)O2. The first-order chi connectivity index (χ1) is 12.2. The Kier molecular flexibility index (Phi) is 4.72. The fourth-order valence-electron chi connectivity index (χ4n) is 4.86. The number of nitrogens with zero attached hydrogens (tertiary/aromatic N) is 1. The highest BCUT2D eigenvalue weighted by Crippen LogP contribution is 2.40. The minimum atomic E-state index is -0.274. The van der Waals surface area contributed by atoms with Crippen molar-refractivity contribution in [1.82, 2.24) is 4.90 Å². The van der Waals surface area contributed by atoms with Gasteiger partial charge in [0, 0.05) is 19.1 Å². The van der Waals surface area contributed by atoms with Crippen molar-refractivity contribution in [2.75, 3.05) is 20.2 Å². The van der Waals surface area contributed by atoms with E-state index in [0.717, 1.165) is 43.0 Å². The molecule has 4 nitrogen and oxygen atoms in total. The molecule has 1 saturated carbocycles. The van der Waals surface area contributed by atoms with Crippen molar-refractivity contribution in [2.45, 2.75) is 69.4 Å². The number of likely N-dealkylation sites (tertiary alicyclic amines) is 1. The molecule has 0 radical (unpaired) electrons. The monoisotopic (exact) mass is 343 g/mol. The number of rotatable bonds is 2. The van der Waals surface area contributed by atoms with Gasteiger partial charge in [0.2, 0.25) is 0 Å². The van der Waals surface area contributed by atoms with Gasteiger partial charge in [-0.3, -0.25) is 0 Å². The number of fused-ring (bicyclic) bond motifs is 1. The van der Waals surface area contributed by atoms with Crippen LogP contribution in [0, 0.1) is 0 Å². The third kappa shape index (κ3) is 3.41. The molecule has 0 N–H and O–H groups in total. The van der Waals surface area contributed by atoms with Crippen LogP contribution in [0.1, 0.15) is 67.3 Å². The van der Waals surface area contributed by atoms with Gasteiger partial charge in [0.05, 0.1) is 12.7 Å². The molecule has 25 heavy (non-hydrogen) atoms. The number of hydrogen-bond donors (Lipinski definition) is 0. The fraction of sp³-hybridized carbons (Fsp3) is 0.667. The molecular formula is C21H29NO3. The zero-order valence-corrected chi connectivity index (χ0v) is 15.3. The molecule has 1 aromatic carbocycles. The Bertz CT molecular complexity index is 628. The predicted molar refractivity (Wildman–Crippen MR) is 97.1 cm³/mol. The van der Waals surface area contributed by atoms with Crippen molar-refractivity contribution >= 4 is 5.97 Å². The van der Waals surface area contributed by atoms with Crippen LogP contribution in [0.3, 0.4) is 0 Å². The number of carbonyl (C=O) groups is 1. The van der Waals surface area contributed by atoms with Gasteiger partial charge in [0.25, 0.3) is 0 Å². The quantitative estimate of drug-likeness (QED) is 0.762. The number of esters is 1. The molecule has 2 heterocycles. The second-order valence-electron chi connectivity index (χ2n) is 7.93. The normalized spacial score (nSPS) is 23.7. The zero-order valence-electron chi connectivity index (χ0n) is 15.3. The fourth-order valence-corrected chi connectivity index (χ4v) is 4.86. The molecule has 4 rings (SSSR count). The maximum absolute atomic E-state index is 11.7. The molecule has 2 fully saturated rings. The molecule has 0 atom stereocenters. The molecule has 1 spiro atoms. The number of piperidine rings is 1. The van der Waals surface area contributed by atoms with E-state index in [2.05, 4.69) is 4.90 Å². The Morgan fingerprint density at radius 2 is 1.92 bits per heavy atom. The predicted octanol–water partition coefficient (Wildman–Crippen LogP) is 3.97. The molecule has 0 aromatic heterocycles. The van der Waals surface area contributed by atoms with Crippen LogP contribution in [0.25, 0.3) is 0 Å². The summed E-state index contributed by atoms with van der Waals surface area (Å²) in [5.41, 5.74) is 1.77. The maximum atomic E-state index is 11.7. The Morgan fingerprint density at radius 3 is 2.64 bits per heavy atom. The topological polar surface area (TPSA) is 38.8 Å². The van der Waals surface area contributed by atoms with E-state index in [1.807, 2.05) is 18.2 Å². The van der Waals surface area contributed by atoms with E-state index in [1.54, 1.807) is 0 Å². The molecule has 136 valence electrons. The number of ether oxygens (including phenoxy) is 2. The van der Waals surface area contributed by atoms with Gasteiger partial charge in [-0.1, -0.05) is 19.3 Å². The molecule has 1 aromatic rings. The van der Waals surface area contributed by atoms with E-state index in [1.165, 1.54) is 52.3 Å². The highest BCUT2D eigenvalue weighted by atomic mass is 16.5. The molecule has 1 saturated heterocycles. The van der Waals surface area contributed by atoms with Gasteiger partial charge in [0.1, 0.15) is 11.4 Å². The van der Waals surface area contributed by atoms with Crippen LogP contribution < -0.4 is 4.74 Å². The minimum absolute atomic E-state index is 0.00491. The zero-order chi connectivity index (χ0) is 17.3. The van der Waals surface area contributed by atoms with E-state index in [9.17, 15) is 4.79 Å². The highest BCUT2D eigenvalue weighted by molar-refractivity contribution is 5.89. The van der Waals surface area contributed by atoms with Gasteiger partial charge >= 0.3 is 5.97 Å². The Labute approximate surface area is 150 Å². The third-order valence-electron chi connectivity index (χ3n) is 6.46. The molecular weight excluding hydrogens is 314 g/mol. The number of carbonyl (C=O) groups excluding carboxylic acids is 1. The van der Waals surface area contributed by atoms with E-state index in [0.29, 0.717) is 5.56 Å². The van der Waals surface area contributed by atoms with Gasteiger partial charge in [-0.05, 0) is 62.3 Å². The lowest BCUT2D eigenvalue weighted by Crippen LogP contribution is -2.52. The standard InChI is InChI=1S/C21H29NO3/c1-24-20(23)17-7-8-19-16(15-17)9-10-21(25-19)11-13-22(14-12-21)18-5-3-2-4-6-18/h7-8,15,18H,2-6,9-14H2,1H3. The van der Waals surface area contributed by atoms with Gasteiger partial charge in [-0.15, -0.1) is 0 Å². The second kappa shape index (κ2) is 6.99. The van der Waals surface area contributed by atoms with Crippen LogP contribution in [0.2, 0.25) is 0 Å².